The number of hydrogen-bond acceptors (Lipinski definition) is 2. The summed E-state index contributed by atoms with van der Waals surface area (Å²) < 4.78 is 28.5. The van der Waals surface area contributed by atoms with E-state index in [-0.39, 0.29) is 0 Å². The largest absolute Gasteiger partial charge is 0.282 e. The summed E-state index contributed by atoms with van der Waals surface area (Å²) in [6, 6.07) is 7.93. The predicted molar refractivity (Wildman–Crippen MR) is 79.6 cm³/mol. The third kappa shape index (κ3) is 2.60. The van der Waals surface area contributed by atoms with Gasteiger partial charge in [-0.3, -0.25) is 0 Å². The average Bonchev–Trinajstić information content (AvgIpc) is 2.92. The molecule has 2 aliphatic heterocycles. The highest BCUT2D eigenvalue weighted by molar-refractivity contribution is 7.86. The molecule has 3 rings (SSSR count). The smallest absolute Gasteiger partial charge is 0.195 e. The van der Waals surface area contributed by atoms with Gasteiger partial charge in [-0.1, -0.05) is 24.3 Å². The van der Waals surface area contributed by atoms with E-state index in [1.54, 1.807) is 8.61 Å². The van der Waals surface area contributed by atoms with Crippen LogP contribution in [0.5, 0.6) is 0 Å². The van der Waals surface area contributed by atoms with E-state index in [0.717, 1.165) is 24.0 Å². The number of fused-ring (bicyclic) bond motifs is 1. The Hall–Kier alpha value is -0.620. The molecule has 4 nitrogen and oxygen atoms in total. The van der Waals surface area contributed by atoms with Crippen LogP contribution >= 0.6 is 11.6 Å². The first kappa shape index (κ1) is 14.3. The lowest BCUT2D eigenvalue weighted by Gasteiger charge is -2.32. The quantitative estimate of drug-likeness (QED) is 0.803. The predicted octanol–water partition coefficient (Wildman–Crippen LogP) is 2.20. The van der Waals surface area contributed by atoms with Gasteiger partial charge in [0.05, 0.1) is 0 Å². The van der Waals surface area contributed by atoms with Crippen LogP contribution in [0, 0.1) is 5.92 Å². The van der Waals surface area contributed by atoms with Crippen LogP contribution in [0.4, 0.5) is 0 Å². The minimum absolute atomic E-state index is 0.457. The molecule has 1 fully saturated rings. The molecule has 0 saturated carbocycles. The van der Waals surface area contributed by atoms with E-state index in [1.807, 2.05) is 24.3 Å². The first-order valence-electron chi connectivity index (χ1n) is 6.99. The maximum atomic E-state index is 12.7. The van der Waals surface area contributed by atoms with E-state index < -0.39 is 10.2 Å². The first-order valence-corrected chi connectivity index (χ1v) is 8.92. The summed E-state index contributed by atoms with van der Waals surface area (Å²) >= 11 is 5.85. The molecule has 0 atom stereocenters. The van der Waals surface area contributed by atoms with E-state index in [0.29, 0.717) is 38.0 Å². The Kier molecular flexibility index (Phi) is 4.04. The van der Waals surface area contributed by atoms with Gasteiger partial charge in [-0.05, 0) is 29.9 Å². The fourth-order valence-electron chi connectivity index (χ4n) is 2.92. The maximum Gasteiger partial charge on any atom is 0.282 e. The molecule has 2 aliphatic rings. The van der Waals surface area contributed by atoms with Gasteiger partial charge in [-0.25, -0.2) is 0 Å². The Morgan fingerprint density at radius 3 is 2.10 bits per heavy atom. The molecule has 6 heteroatoms. The second-order valence-corrected chi connectivity index (χ2v) is 7.78. The fourth-order valence-corrected chi connectivity index (χ4v) is 4.83. The van der Waals surface area contributed by atoms with E-state index in [1.165, 1.54) is 0 Å². The number of nitrogens with zero attached hydrogens (tertiary/aromatic N) is 2. The normalized spacial score (nSPS) is 22.1. The van der Waals surface area contributed by atoms with Crippen LogP contribution in [-0.4, -0.2) is 36.0 Å². The van der Waals surface area contributed by atoms with Crippen molar-refractivity contribution in [1.29, 1.82) is 0 Å². The molecule has 2 heterocycles. The summed E-state index contributed by atoms with van der Waals surface area (Å²) in [7, 11) is -3.34. The van der Waals surface area contributed by atoms with Crippen LogP contribution in [0.1, 0.15) is 24.0 Å². The summed E-state index contributed by atoms with van der Waals surface area (Å²) in [5.41, 5.74) is 2.23. The van der Waals surface area contributed by atoms with E-state index in [4.69, 9.17) is 11.6 Å². The SMILES string of the molecule is O=S(=O)(N1CCC(CCl)CC1)N1Cc2ccccc2C1. The molecule has 1 aromatic carbocycles. The summed E-state index contributed by atoms with van der Waals surface area (Å²) in [6.07, 6.45) is 1.73. The number of piperidine rings is 1. The zero-order chi connectivity index (χ0) is 14.2. The number of halogens is 1. The minimum Gasteiger partial charge on any atom is -0.195 e. The molecule has 1 saturated heterocycles. The van der Waals surface area contributed by atoms with Gasteiger partial charge < -0.3 is 0 Å². The lowest BCUT2D eigenvalue weighted by molar-refractivity contribution is 0.266. The van der Waals surface area contributed by atoms with Gasteiger partial charge in [-0.2, -0.15) is 17.0 Å². The minimum atomic E-state index is -3.34. The molecular weight excluding hydrogens is 296 g/mol. The van der Waals surface area contributed by atoms with E-state index >= 15 is 0 Å². The van der Waals surface area contributed by atoms with E-state index in [9.17, 15) is 8.42 Å². The Bertz CT molecular complexity index is 558. The van der Waals surface area contributed by atoms with Crippen molar-refractivity contribution in [2.45, 2.75) is 25.9 Å². The lowest BCUT2D eigenvalue weighted by atomic mass is 10.0. The standard InChI is InChI=1S/C14H19ClN2O2S/c15-9-12-5-7-16(8-6-12)20(18,19)17-10-13-3-1-2-4-14(13)11-17/h1-4,12H,5-11H2. The van der Waals surface area contributed by atoms with Crippen LogP contribution in [0.15, 0.2) is 24.3 Å². The molecule has 110 valence electrons. The Labute approximate surface area is 125 Å². The molecule has 1 aromatic rings. The molecule has 0 spiro atoms. The van der Waals surface area contributed by atoms with Crippen LogP contribution in [0.25, 0.3) is 0 Å². The monoisotopic (exact) mass is 314 g/mol. The molecule has 0 aliphatic carbocycles. The van der Waals surface area contributed by atoms with Gasteiger partial charge in [0, 0.05) is 32.1 Å². The van der Waals surface area contributed by atoms with Crippen molar-refractivity contribution >= 4 is 21.8 Å². The van der Waals surface area contributed by atoms with Crippen molar-refractivity contribution in [3.8, 4) is 0 Å². The van der Waals surface area contributed by atoms with Crippen molar-refractivity contribution in [1.82, 2.24) is 8.61 Å². The second-order valence-electron chi connectivity index (χ2n) is 5.54. The highest BCUT2D eigenvalue weighted by Gasteiger charge is 2.35. The van der Waals surface area contributed by atoms with E-state index in [2.05, 4.69) is 0 Å². The number of hydrogen-bond donors (Lipinski definition) is 0. The highest BCUT2D eigenvalue weighted by atomic mass is 35.5. The zero-order valence-electron chi connectivity index (χ0n) is 11.3. The molecule has 0 amide bonds. The molecule has 0 radical (unpaired) electrons. The van der Waals surface area contributed by atoms with Gasteiger partial charge in [0.25, 0.3) is 10.2 Å². The van der Waals surface area contributed by atoms with Crippen molar-refractivity contribution in [3.05, 3.63) is 35.4 Å². The summed E-state index contributed by atoms with van der Waals surface area (Å²) in [5.74, 6) is 1.09. The van der Waals surface area contributed by atoms with Crippen molar-refractivity contribution in [2.24, 2.45) is 5.92 Å². The Morgan fingerprint density at radius 1 is 1.05 bits per heavy atom. The first-order chi connectivity index (χ1) is 9.61. The van der Waals surface area contributed by atoms with Gasteiger partial charge in [0.2, 0.25) is 0 Å². The Morgan fingerprint density at radius 2 is 1.60 bits per heavy atom. The molecule has 0 bridgehead atoms. The van der Waals surface area contributed by atoms with Crippen molar-refractivity contribution in [3.63, 3.8) is 0 Å². The van der Waals surface area contributed by atoms with Gasteiger partial charge in [0.15, 0.2) is 0 Å². The third-order valence-electron chi connectivity index (χ3n) is 4.26. The highest BCUT2D eigenvalue weighted by Crippen LogP contribution is 2.28. The van der Waals surface area contributed by atoms with Crippen LogP contribution in [-0.2, 0) is 23.3 Å². The lowest BCUT2D eigenvalue weighted by Crippen LogP contribution is -2.45. The summed E-state index contributed by atoms with van der Waals surface area (Å²) in [5, 5.41) is 0. The van der Waals surface area contributed by atoms with Gasteiger partial charge in [-0.15, -0.1) is 11.6 Å². The summed E-state index contributed by atoms with van der Waals surface area (Å²) in [4.78, 5) is 0. The maximum absolute atomic E-state index is 12.7. The molecule has 0 N–H and O–H groups in total. The zero-order valence-corrected chi connectivity index (χ0v) is 12.9. The van der Waals surface area contributed by atoms with Crippen LogP contribution in [0.2, 0.25) is 0 Å². The molecule has 0 aromatic heterocycles. The number of rotatable bonds is 3. The molecule has 20 heavy (non-hydrogen) atoms. The van der Waals surface area contributed by atoms with Crippen molar-refractivity contribution in [2.75, 3.05) is 19.0 Å². The van der Waals surface area contributed by atoms with Crippen LogP contribution < -0.4 is 0 Å². The number of benzene rings is 1. The third-order valence-corrected chi connectivity index (χ3v) is 6.62. The average molecular weight is 315 g/mol. The number of alkyl halides is 1. The molecule has 0 unspecified atom stereocenters. The fraction of sp³-hybridized carbons (Fsp3) is 0.571. The Balaban J connectivity index is 1.72. The molecular formula is C14H19ClN2O2S. The van der Waals surface area contributed by atoms with Crippen LogP contribution in [0.3, 0.4) is 0 Å². The second kappa shape index (κ2) is 5.64. The van der Waals surface area contributed by atoms with Gasteiger partial charge in [0.1, 0.15) is 0 Å². The van der Waals surface area contributed by atoms with Gasteiger partial charge >= 0.3 is 0 Å². The van der Waals surface area contributed by atoms with Crippen molar-refractivity contribution < 1.29 is 8.42 Å². The summed E-state index contributed by atoms with van der Waals surface area (Å²) in [6.45, 7) is 2.17. The topological polar surface area (TPSA) is 40.6 Å².